The van der Waals surface area contributed by atoms with Crippen molar-refractivity contribution < 1.29 is 1.37 Å². The van der Waals surface area contributed by atoms with E-state index in [0.29, 0.717) is 6.04 Å². The molecule has 8 bridgehead atoms. The van der Waals surface area contributed by atoms with Crippen LogP contribution in [0.2, 0.25) is 0 Å². The van der Waals surface area contributed by atoms with Gasteiger partial charge in [0, 0.05) is 22.1 Å². The van der Waals surface area contributed by atoms with E-state index in [1.54, 1.807) is 0 Å². The minimum Gasteiger partial charge on any atom is -0.355 e. The molecule has 0 atom stereocenters. The largest absolute Gasteiger partial charge is 0.355 e. The number of nitrogens with one attached hydrogen (secondary N) is 2. The van der Waals surface area contributed by atoms with Gasteiger partial charge in [0.25, 0.3) is 0 Å². The average Bonchev–Trinajstić information content (AvgIpc) is 3.33. The molecule has 24 heavy (non-hydrogen) atoms. The van der Waals surface area contributed by atoms with Crippen LogP contribution in [0.15, 0.2) is 48.5 Å². The molecule has 0 radical (unpaired) electrons. The van der Waals surface area contributed by atoms with Gasteiger partial charge in [-0.3, -0.25) is 0 Å². The molecule has 0 fully saturated rings. The van der Waals surface area contributed by atoms with Crippen molar-refractivity contribution in [1.82, 2.24) is 19.9 Å². The van der Waals surface area contributed by atoms with Gasteiger partial charge in [-0.1, -0.05) is 0 Å². The molecule has 2 N–H and O–H groups in total. The lowest BCUT2D eigenvalue weighted by Gasteiger charge is -1.86. The molecule has 0 saturated carbocycles. The molecule has 4 heteroatoms. The monoisotopic (exact) mass is 311 g/mol. The van der Waals surface area contributed by atoms with Gasteiger partial charge in [0.2, 0.25) is 0 Å². The second-order valence-corrected chi connectivity index (χ2v) is 5.82. The van der Waals surface area contributed by atoms with E-state index in [-0.39, 0.29) is 0 Å². The molecule has 4 nitrogen and oxygen atoms in total. The van der Waals surface area contributed by atoms with Gasteiger partial charge in [-0.15, -0.1) is 0 Å². The van der Waals surface area contributed by atoms with Gasteiger partial charge in [0.15, 0.2) is 0 Å². The summed E-state index contributed by atoms with van der Waals surface area (Å²) in [7, 11) is 0. The van der Waals surface area contributed by atoms with Gasteiger partial charge in [0.1, 0.15) is 0 Å². The number of aromatic nitrogens is 4. The first-order chi connectivity index (χ1) is 12.2. The molecule has 0 spiro atoms. The third-order valence-electron chi connectivity index (χ3n) is 3.96. The van der Waals surface area contributed by atoms with Crippen molar-refractivity contribution in [2.75, 3.05) is 0 Å². The van der Waals surface area contributed by atoms with Gasteiger partial charge in [-0.2, -0.15) is 0 Å². The van der Waals surface area contributed by atoms with E-state index < -0.39 is 0 Å². The standard InChI is InChI=1S/C20H14N4/c1-2-14-10-16-5-6-18(23-16)12-20-8-7-19(24-20)11-17-4-3-15(22-17)9-13(1)21-14/h1-12,21-22H/i1D. The van der Waals surface area contributed by atoms with E-state index in [0.717, 1.165) is 44.8 Å². The van der Waals surface area contributed by atoms with E-state index in [1.165, 1.54) is 0 Å². The van der Waals surface area contributed by atoms with Gasteiger partial charge in [-0.05, 0) is 72.8 Å². The summed E-state index contributed by atoms with van der Waals surface area (Å²) in [5, 5.41) is 0. The molecule has 0 amide bonds. The lowest BCUT2D eigenvalue weighted by atomic mass is 10.3. The van der Waals surface area contributed by atoms with Crippen molar-refractivity contribution in [2.45, 2.75) is 0 Å². The Morgan fingerprint density at radius 1 is 0.583 bits per heavy atom. The van der Waals surface area contributed by atoms with Crippen LogP contribution in [0.4, 0.5) is 0 Å². The molecule has 5 heterocycles. The number of nitrogens with zero attached hydrogens (tertiary/aromatic N) is 2. The first-order valence-corrected chi connectivity index (χ1v) is 7.76. The number of hydrogen-bond donors (Lipinski definition) is 2. The van der Waals surface area contributed by atoms with Crippen LogP contribution < -0.4 is 0 Å². The Morgan fingerprint density at radius 3 is 1.75 bits per heavy atom. The first-order valence-electron chi connectivity index (χ1n) is 8.26. The van der Waals surface area contributed by atoms with Crippen molar-refractivity contribution in [3.8, 4) is 0 Å². The molecular weight excluding hydrogens is 296 g/mol. The molecule has 2 aliphatic heterocycles. The maximum absolute atomic E-state index is 8.15. The summed E-state index contributed by atoms with van der Waals surface area (Å²) in [5.74, 6) is 0. The van der Waals surface area contributed by atoms with E-state index in [1.807, 2.05) is 66.8 Å². The molecular formula is C20H14N4. The number of aromatic amines is 2. The number of H-pyrrole nitrogens is 2. The zero-order valence-electron chi connectivity index (χ0n) is 13.7. The SMILES string of the molecule is [2H]c1cc2cc3nc(cc4nc(cc5ccc(cc1[nH]2)[nH]5)C=C4)C=C3. The van der Waals surface area contributed by atoms with Gasteiger partial charge < -0.3 is 9.97 Å². The number of fused-ring (bicyclic) bond motifs is 8. The first kappa shape index (κ1) is 12.1. The highest BCUT2D eigenvalue weighted by molar-refractivity contribution is 5.77. The molecule has 114 valence electrons. The third-order valence-corrected chi connectivity index (χ3v) is 3.96. The number of hydrogen-bond acceptors (Lipinski definition) is 2. The van der Waals surface area contributed by atoms with Crippen LogP contribution in [-0.2, 0) is 0 Å². The highest BCUT2D eigenvalue weighted by atomic mass is 14.8. The van der Waals surface area contributed by atoms with E-state index in [2.05, 4.69) is 19.9 Å². The lowest BCUT2D eigenvalue weighted by molar-refractivity contribution is 1.28. The summed E-state index contributed by atoms with van der Waals surface area (Å²) in [5.41, 5.74) is 7.04. The Balaban J connectivity index is 1.87. The van der Waals surface area contributed by atoms with Gasteiger partial charge in [0.05, 0.1) is 24.1 Å². The molecule has 0 unspecified atom stereocenters. The topological polar surface area (TPSA) is 57.4 Å². The van der Waals surface area contributed by atoms with Crippen molar-refractivity contribution in [3.05, 3.63) is 71.3 Å². The summed E-state index contributed by atoms with van der Waals surface area (Å²) in [6, 6.07) is 14.1. The fraction of sp³-hybridized carbons (Fsp3) is 0. The van der Waals surface area contributed by atoms with Crippen molar-refractivity contribution >= 4 is 46.4 Å². The zero-order valence-corrected chi connectivity index (χ0v) is 12.7. The maximum Gasteiger partial charge on any atom is 0.0659 e. The summed E-state index contributed by atoms with van der Waals surface area (Å²) in [4.78, 5) is 15.8. The molecule has 5 rings (SSSR count). The Kier molecular flexibility index (Phi) is 2.55. The van der Waals surface area contributed by atoms with Crippen LogP contribution in [0.5, 0.6) is 0 Å². The predicted octanol–water partition coefficient (Wildman–Crippen LogP) is 4.66. The van der Waals surface area contributed by atoms with Crippen molar-refractivity contribution in [1.29, 1.82) is 0 Å². The molecule has 3 aromatic rings. The van der Waals surface area contributed by atoms with E-state index >= 15 is 0 Å². The van der Waals surface area contributed by atoms with Crippen LogP contribution in [0.3, 0.4) is 0 Å². The minimum absolute atomic E-state index is 0.455. The summed E-state index contributed by atoms with van der Waals surface area (Å²) >= 11 is 0. The van der Waals surface area contributed by atoms with E-state index in [4.69, 9.17) is 1.37 Å². The zero-order chi connectivity index (χ0) is 16.8. The smallest absolute Gasteiger partial charge is 0.0659 e. The third kappa shape index (κ3) is 2.44. The molecule has 0 aliphatic carbocycles. The van der Waals surface area contributed by atoms with Crippen molar-refractivity contribution in [3.63, 3.8) is 0 Å². The van der Waals surface area contributed by atoms with Gasteiger partial charge >= 0.3 is 0 Å². The summed E-state index contributed by atoms with van der Waals surface area (Å²) < 4.78 is 8.15. The summed E-state index contributed by atoms with van der Waals surface area (Å²) in [6.07, 6.45) is 7.91. The van der Waals surface area contributed by atoms with Crippen LogP contribution >= 0.6 is 0 Å². The maximum atomic E-state index is 8.15. The fourth-order valence-corrected chi connectivity index (χ4v) is 2.87. The Hall–Kier alpha value is -3.40. The minimum atomic E-state index is 0.455. The Morgan fingerprint density at radius 2 is 1.08 bits per heavy atom. The highest BCUT2D eigenvalue weighted by Crippen LogP contribution is 2.17. The van der Waals surface area contributed by atoms with Crippen molar-refractivity contribution in [2.24, 2.45) is 0 Å². The number of rotatable bonds is 0. The molecule has 2 aliphatic rings. The predicted molar refractivity (Wildman–Crippen MR) is 98.9 cm³/mol. The molecule has 3 aromatic heterocycles. The van der Waals surface area contributed by atoms with Crippen LogP contribution in [0, 0.1) is 0 Å². The normalized spacial score (nSPS) is 13.2. The van der Waals surface area contributed by atoms with Crippen LogP contribution in [-0.4, -0.2) is 19.9 Å². The van der Waals surface area contributed by atoms with Crippen LogP contribution in [0.25, 0.3) is 46.4 Å². The highest BCUT2D eigenvalue weighted by Gasteiger charge is 2.02. The Labute approximate surface area is 139 Å². The molecule has 0 saturated heterocycles. The average molecular weight is 311 g/mol. The Bertz CT molecular complexity index is 1210. The quantitative estimate of drug-likeness (QED) is 0.437. The fourth-order valence-electron chi connectivity index (χ4n) is 2.87. The second-order valence-electron chi connectivity index (χ2n) is 5.82. The van der Waals surface area contributed by atoms with Gasteiger partial charge in [-0.25, -0.2) is 9.97 Å². The lowest BCUT2D eigenvalue weighted by Crippen LogP contribution is -1.77. The van der Waals surface area contributed by atoms with Crippen LogP contribution in [0.1, 0.15) is 24.1 Å². The van der Waals surface area contributed by atoms with E-state index in [9.17, 15) is 0 Å². The molecule has 0 aromatic carbocycles. The summed E-state index contributed by atoms with van der Waals surface area (Å²) in [6.45, 7) is 0. The second kappa shape index (κ2) is 5.06.